The average Bonchev–Trinajstić information content (AvgIpc) is 2.83. The number of rotatable bonds is 3. The number of nitrogens with one attached hydrogen (secondary N) is 1. The van der Waals surface area contributed by atoms with Gasteiger partial charge in [-0.15, -0.1) is 0 Å². The standard InChI is InChI=1S/C16H22N5O3S/c1-19(2)14(17)12-5-7-13(8-6-12)20-11-16(15(18)22)9-3-4-10-21(16)25(20,23)24/h5-9,17H,3-4,10-11H2,1-2H3,(H2,18,22)/t16-/m1/s1. The molecule has 1 aromatic carbocycles. The Morgan fingerprint density at radius 3 is 2.44 bits per heavy atom. The van der Waals surface area contributed by atoms with Gasteiger partial charge in [-0.05, 0) is 43.5 Å². The highest BCUT2D eigenvalue weighted by Crippen LogP contribution is 2.40. The van der Waals surface area contributed by atoms with E-state index in [1.807, 2.05) is 0 Å². The van der Waals surface area contributed by atoms with Crippen molar-refractivity contribution < 1.29 is 13.2 Å². The minimum Gasteiger partial charge on any atom is -0.368 e. The van der Waals surface area contributed by atoms with Crippen LogP contribution >= 0.6 is 0 Å². The Morgan fingerprint density at radius 2 is 1.92 bits per heavy atom. The van der Waals surface area contributed by atoms with Gasteiger partial charge in [0.1, 0.15) is 11.4 Å². The predicted octanol–water partition coefficient (Wildman–Crippen LogP) is 0.163. The molecule has 0 saturated carbocycles. The molecule has 2 fully saturated rings. The van der Waals surface area contributed by atoms with E-state index in [1.54, 1.807) is 49.7 Å². The van der Waals surface area contributed by atoms with Crippen LogP contribution in [0, 0.1) is 11.8 Å². The third-order valence-corrected chi connectivity index (χ3v) is 6.70. The highest BCUT2D eigenvalue weighted by atomic mass is 32.2. The first kappa shape index (κ1) is 17.7. The van der Waals surface area contributed by atoms with Crippen LogP contribution in [-0.2, 0) is 15.0 Å². The van der Waals surface area contributed by atoms with E-state index in [0.717, 1.165) is 0 Å². The van der Waals surface area contributed by atoms with Gasteiger partial charge in [0.05, 0.1) is 12.2 Å². The second-order valence-corrected chi connectivity index (χ2v) is 8.29. The highest BCUT2D eigenvalue weighted by molar-refractivity contribution is 7.90. The van der Waals surface area contributed by atoms with Gasteiger partial charge in [0.25, 0.3) is 0 Å². The zero-order chi connectivity index (χ0) is 18.4. The summed E-state index contributed by atoms with van der Waals surface area (Å²) in [5.74, 6) is -0.320. The van der Waals surface area contributed by atoms with Crippen molar-refractivity contribution >= 4 is 27.6 Å². The molecule has 0 aromatic heterocycles. The van der Waals surface area contributed by atoms with E-state index in [9.17, 15) is 13.2 Å². The number of carbonyl (C=O) groups excluding carboxylic acids is 1. The fourth-order valence-corrected chi connectivity index (χ4v) is 5.31. The molecule has 0 bridgehead atoms. The van der Waals surface area contributed by atoms with Gasteiger partial charge in [-0.2, -0.15) is 12.7 Å². The summed E-state index contributed by atoms with van der Waals surface area (Å²) < 4.78 is 28.3. The molecule has 3 N–H and O–H groups in total. The van der Waals surface area contributed by atoms with Crippen molar-refractivity contribution in [2.45, 2.75) is 18.4 Å². The molecule has 1 atom stereocenters. The molecule has 9 heteroatoms. The van der Waals surface area contributed by atoms with Gasteiger partial charge >= 0.3 is 10.2 Å². The Bertz CT molecular complexity index is 806. The molecular formula is C16H22N5O3S. The van der Waals surface area contributed by atoms with Crippen LogP contribution in [0.2, 0.25) is 0 Å². The van der Waals surface area contributed by atoms with Crippen molar-refractivity contribution in [3.05, 3.63) is 36.2 Å². The normalized spacial score (nSPS) is 25.4. The molecule has 8 nitrogen and oxygen atoms in total. The topological polar surface area (TPSA) is 111 Å². The van der Waals surface area contributed by atoms with Crippen LogP contribution in [0.5, 0.6) is 0 Å². The Hall–Kier alpha value is -2.13. The quantitative estimate of drug-likeness (QED) is 0.588. The molecule has 0 aliphatic carbocycles. The number of amides is 1. The maximum atomic E-state index is 12.9. The summed E-state index contributed by atoms with van der Waals surface area (Å²) in [5, 5.41) is 7.98. The summed E-state index contributed by atoms with van der Waals surface area (Å²) in [6, 6.07) is 6.70. The molecule has 2 aliphatic rings. The zero-order valence-corrected chi connectivity index (χ0v) is 15.1. The molecule has 2 saturated heterocycles. The average molecular weight is 364 g/mol. The summed E-state index contributed by atoms with van der Waals surface area (Å²) in [4.78, 5) is 13.7. The monoisotopic (exact) mass is 364 g/mol. The first-order chi connectivity index (χ1) is 11.7. The minimum absolute atomic E-state index is 0.0187. The molecule has 0 spiro atoms. The molecule has 3 rings (SSSR count). The molecule has 135 valence electrons. The molecule has 0 unspecified atom stereocenters. The van der Waals surface area contributed by atoms with E-state index in [-0.39, 0.29) is 13.1 Å². The third kappa shape index (κ3) is 2.67. The van der Waals surface area contributed by atoms with E-state index >= 15 is 0 Å². The highest BCUT2D eigenvalue weighted by Gasteiger charge is 2.59. The van der Waals surface area contributed by atoms with Crippen molar-refractivity contribution in [3.63, 3.8) is 0 Å². The Balaban J connectivity index is 1.98. The molecule has 1 aromatic rings. The lowest BCUT2D eigenvalue weighted by molar-refractivity contribution is -0.125. The number of fused-ring (bicyclic) bond motifs is 1. The van der Waals surface area contributed by atoms with E-state index in [0.29, 0.717) is 29.9 Å². The number of benzene rings is 1. The van der Waals surface area contributed by atoms with Gasteiger partial charge in [-0.3, -0.25) is 14.5 Å². The minimum atomic E-state index is -3.82. The lowest BCUT2D eigenvalue weighted by Gasteiger charge is -2.35. The number of nitrogens with zero attached hydrogens (tertiary/aromatic N) is 3. The van der Waals surface area contributed by atoms with Crippen molar-refractivity contribution in [1.29, 1.82) is 5.41 Å². The van der Waals surface area contributed by atoms with Crippen LogP contribution < -0.4 is 10.0 Å². The predicted molar refractivity (Wildman–Crippen MR) is 95.4 cm³/mol. The van der Waals surface area contributed by atoms with Crippen molar-refractivity contribution in [2.24, 2.45) is 5.73 Å². The molecule has 1 amide bonds. The summed E-state index contributed by atoms with van der Waals surface area (Å²) in [5.41, 5.74) is 5.42. The fraction of sp³-hybridized carbons (Fsp3) is 0.438. The smallest absolute Gasteiger partial charge is 0.305 e. The number of carbonyl (C=O) groups is 1. The first-order valence-corrected chi connectivity index (χ1v) is 9.41. The van der Waals surface area contributed by atoms with Gasteiger partial charge in [0.15, 0.2) is 0 Å². The van der Waals surface area contributed by atoms with Crippen LogP contribution in [-0.4, -0.2) is 62.1 Å². The fourth-order valence-electron chi connectivity index (χ4n) is 3.33. The van der Waals surface area contributed by atoms with E-state index in [2.05, 4.69) is 0 Å². The number of nitrogens with two attached hydrogens (primary N) is 1. The van der Waals surface area contributed by atoms with Gasteiger partial charge < -0.3 is 10.6 Å². The van der Waals surface area contributed by atoms with Crippen LogP contribution in [0.15, 0.2) is 24.3 Å². The third-order valence-electron chi connectivity index (χ3n) is 4.74. The van der Waals surface area contributed by atoms with E-state index in [1.165, 1.54) is 8.61 Å². The molecule has 1 radical (unpaired) electrons. The maximum Gasteiger partial charge on any atom is 0.305 e. The summed E-state index contributed by atoms with van der Waals surface area (Å²) in [6.07, 6.45) is 3.04. The maximum absolute atomic E-state index is 12.9. The van der Waals surface area contributed by atoms with E-state index < -0.39 is 21.7 Å². The molecular weight excluding hydrogens is 342 g/mol. The Labute approximate surface area is 147 Å². The Morgan fingerprint density at radius 1 is 1.28 bits per heavy atom. The number of amidine groups is 1. The second-order valence-electron chi connectivity index (χ2n) is 6.51. The van der Waals surface area contributed by atoms with Crippen molar-refractivity contribution in [2.75, 3.05) is 31.5 Å². The molecule has 2 aliphatic heterocycles. The SMILES string of the molecule is CN(C)C(=N)c1ccc(N2C[C@@]3(C(N)=O)[CH]CCCN3S2(=O)=O)cc1. The lowest BCUT2D eigenvalue weighted by Crippen LogP contribution is -2.59. The van der Waals surface area contributed by atoms with Crippen LogP contribution in [0.25, 0.3) is 0 Å². The second kappa shape index (κ2) is 5.99. The summed E-state index contributed by atoms with van der Waals surface area (Å²) >= 11 is 0. The molecule has 25 heavy (non-hydrogen) atoms. The van der Waals surface area contributed by atoms with Gasteiger partial charge in [0.2, 0.25) is 5.91 Å². The van der Waals surface area contributed by atoms with Gasteiger partial charge in [0, 0.05) is 26.2 Å². The largest absolute Gasteiger partial charge is 0.368 e. The number of primary amides is 1. The summed E-state index contributed by atoms with van der Waals surface area (Å²) in [6.45, 7) is 0.261. The first-order valence-electron chi connectivity index (χ1n) is 8.01. The van der Waals surface area contributed by atoms with Crippen LogP contribution in [0.4, 0.5) is 5.69 Å². The number of piperidine rings is 1. The summed E-state index contributed by atoms with van der Waals surface area (Å²) in [7, 11) is -0.285. The number of hydrogen-bond donors (Lipinski definition) is 2. The zero-order valence-electron chi connectivity index (χ0n) is 14.3. The Kier molecular flexibility index (Phi) is 4.24. The van der Waals surface area contributed by atoms with Gasteiger partial charge in [-0.25, -0.2) is 0 Å². The van der Waals surface area contributed by atoms with E-state index in [4.69, 9.17) is 11.1 Å². The van der Waals surface area contributed by atoms with Crippen LogP contribution in [0.1, 0.15) is 18.4 Å². The number of hydrogen-bond acceptors (Lipinski definition) is 4. The van der Waals surface area contributed by atoms with Crippen molar-refractivity contribution in [3.8, 4) is 0 Å². The number of anilines is 1. The van der Waals surface area contributed by atoms with Crippen molar-refractivity contribution in [1.82, 2.24) is 9.21 Å². The van der Waals surface area contributed by atoms with Gasteiger partial charge in [-0.1, -0.05) is 0 Å². The molecule has 2 heterocycles. The van der Waals surface area contributed by atoms with Crippen LogP contribution in [0.3, 0.4) is 0 Å². The lowest BCUT2D eigenvalue weighted by atomic mass is 9.88.